The minimum absolute atomic E-state index is 0.0155. The minimum atomic E-state index is -0.403. The number of carbonyl (C=O) groups is 2. The number of carbonyl (C=O) groups excluding carboxylic acids is 2. The molecule has 1 N–H and O–H groups in total. The highest BCUT2D eigenvalue weighted by atomic mass is 32.1. The van der Waals surface area contributed by atoms with Gasteiger partial charge in [0.2, 0.25) is 5.91 Å². The van der Waals surface area contributed by atoms with E-state index in [0.717, 1.165) is 23.5 Å². The molecule has 2 aliphatic rings. The number of thiophene rings is 1. The number of amides is 2. The smallest absolute Gasteiger partial charge is 0.254 e. The van der Waals surface area contributed by atoms with Crippen molar-refractivity contribution < 1.29 is 9.59 Å². The maximum atomic E-state index is 13.7. The summed E-state index contributed by atoms with van der Waals surface area (Å²) in [6.07, 6.45) is 3.77. The van der Waals surface area contributed by atoms with Gasteiger partial charge in [0.05, 0.1) is 12.0 Å². The maximum Gasteiger partial charge on any atom is 0.254 e. The summed E-state index contributed by atoms with van der Waals surface area (Å²) in [7, 11) is 0. The number of nitrogens with one attached hydrogen (secondary N) is 1. The molecule has 6 heteroatoms. The molecule has 3 heterocycles. The Morgan fingerprint density at radius 2 is 2.00 bits per heavy atom. The summed E-state index contributed by atoms with van der Waals surface area (Å²) in [5, 5.41) is 5.26. The molecule has 1 saturated heterocycles. The lowest BCUT2D eigenvalue weighted by molar-refractivity contribution is -0.124. The minimum Gasteiger partial charge on any atom is -0.354 e. The Labute approximate surface area is 195 Å². The predicted octanol–water partition coefficient (Wildman–Crippen LogP) is 4.68. The molecule has 4 rings (SSSR count). The van der Waals surface area contributed by atoms with Crippen LogP contribution in [-0.2, 0) is 4.79 Å². The Kier molecular flexibility index (Phi) is 7.31. The highest BCUT2D eigenvalue weighted by Crippen LogP contribution is 2.44. The summed E-state index contributed by atoms with van der Waals surface area (Å²) >= 11 is 1.62. The van der Waals surface area contributed by atoms with Crippen LogP contribution in [0.25, 0.3) is 0 Å². The molecule has 32 heavy (non-hydrogen) atoms. The van der Waals surface area contributed by atoms with E-state index in [2.05, 4.69) is 37.1 Å². The van der Waals surface area contributed by atoms with Gasteiger partial charge in [-0.3, -0.25) is 14.5 Å². The molecule has 1 fully saturated rings. The van der Waals surface area contributed by atoms with Gasteiger partial charge in [-0.2, -0.15) is 0 Å². The van der Waals surface area contributed by atoms with Crippen LogP contribution in [0, 0.1) is 5.92 Å². The van der Waals surface area contributed by atoms with Crippen molar-refractivity contribution in [3.05, 3.63) is 57.8 Å². The van der Waals surface area contributed by atoms with Crippen molar-refractivity contribution in [2.45, 2.75) is 58.0 Å². The molecule has 0 radical (unpaired) electrons. The fourth-order valence-corrected chi connectivity index (χ4v) is 6.04. The lowest BCUT2D eigenvalue weighted by Crippen LogP contribution is -2.49. The summed E-state index contributed by atoms with van der Waals surface area (Å²) < 4.78 is 0. The monoisotopic (exact) mass is 453 g/mol. The van der Waals surface area contributed by atoms with Gasteiger partial charge in [-0.25, -0.2) is 0 Å². The van der Waals surface area contributed by atoms with Crippen molar-refractivity contribution in [1.29, 1.82) is 0 Å². The van der Waals surface area contributed by atoms with Crippen LogP contribution < -0.4 is 5.32 Å². The van der Waals surface area contributed by atoms with Crippen LogP contribution in [0.5, 0.6) is 0 Å². The third kappa shape index (κ3) is 4.76. The first-order valence-electron chi connectivity index (χ1n) is 11.9. The summed E-state index contributed by atoms with van der Waals surface area (Å²) in [5.74, 6) is -0.0447. The van der Waals surface area contributed by atoms with E-state index >= 15 is 0 Å². The first-order chi connectivity index (χ1) is 15.5. The van der Waals surface area contributed by atoms with Crippen molar-refractivity contribution >= 4 is 23.2 Å². The molecule has 0 unspecified atom stereocenters. The Bertz CT molecular complexity index is 927. The molecule has 0 aliphatic carbocycles. The number of rotatable bonds is 7. The average molecular weight is 454 g/mol. The molecule has 5 nitrogen and oxygen atoms in total. The van der Waals surface area contributed by atoms with Crippen LogP contribution in [0.2, 0.25) is 0 Å². The van der Waals surface area contributed by atoms with Crippen LogP contribution in [0.1, 0.15) is 72.8 Å². The number of hydrogen-bond donors (Lipinski definition) is 1. The lowest BCUT2D eigenvalue weighted by atomic mass is 9.81. The third-order valence-electron chi connectivity index (χ3n) is 6.76. The van der Waals surface area contributed by atoms with Gasteiger partial charge in [-0.15, -0.1) is 11.3 Å². The van der Waals surface area contributed by atoms with Gasteiger partial charge >= 0.3 is 0 Å². The normalized spacial score (nSPS) is 23.9. The highest BCUT2D eigenvalue weighted by Gasteiger charge is 2.44. The maximum absolute atomic E-state index is 13.7. The molecule has 2 aliphatic heterocycles. The SMILES string of the molecule is CC(C)CN1C(=O)c2ccccc2[C@H](C(=O)NCCN2CCCC[C@H]2C)[C@H]1c1cccs1. The molecule has 1 aromatic carbocycles. The topological polar surface area (TPSA) is 52.7 Å². The summed E-state index contributed by atoms with van der Waals surface area (Å²) in [6.45, 7) is 9.77. The molecule has 2 aromatic rings. The van der Waals surface area contributed by atoms with Gasteiger partial charge in [0.1, 0.15) is 0 Å². The van der Waals surface area contributed by atoms with Crippen LogP contribution >= 0.6 is 11.3 Å². The first-order valence-corrected chi connectivity index (χ1v) is 12.8. The van der Waals surface area contributed by atoms with E-state index in [0.29, 0.717) is 30.6 Å². The number of fused-ring (bicyclic) bond motifs is 1. The average Bonchev–Trinajstić information content (AvgIpc) is 3.31. The number of likely N-dealkylation sites (tertiary alicyclic amines) is 1. The van der Waals surface area contributed by atoms with E-state index < -0.39 is 5.92 Å². The fourth-order valence-electron chi connectivity index (χ4n) is 5.17. The molecule has 1 aromatic heterocycles. The molecule has 0 bridgehead atoms. The fraction of sp³-hybridized carbons (Fsp3) is 0.538. The van der Waals surface area contributed by atoms with Gasteiger partial charge in [0, 0.05) is 36.1 Å². The Balaban J connectivity index is 1.61. The van der Waals surface area contributed by atoms with Crippen molar-refractivity contribution in [1.82, 2.24) is 15.1 Å². The van der Waals surface area contributed by atoms with E-state index in [1.54, 1.807) is 11.3 Å². The first kappa shape index (κ1) is 23.0. The second kappa shape index (κ2) is 10.2. The van der Waals surface area contributed by atoms with E-state index in [-0.39, 0.29) is 17.9 Å². The van der Waals surface area contributed by atoms with Gasteiger partial charge in [-0.1, -0.05) is 44.5 Å². The Morgan fingerprint density at radius 1 is 1.19 bits per heavy atom. The largest absolute Gasteiger partial charge is 0.354 e. The lowest BCUT2D eigenvalue weighted by Gasteiger charge is -2.42. The van der Waals surface area contributed by atoms with E-state index in [9.17, 15) is 9.59 Å². The Hall–Kier alpha value is -2.18. The molecule has 0 saturated carbocycles. The second-order valence-corrected chi connectivity index (χ2v) is 10.5. The highest BCUT2D eigenvalue weighted by molar-refractivity contribution is 7.10. The predicted molar refractivity (Wildman–Crippen MR) is 130 cm³/mol. The third-order valence-corrected chi connectivity index (χ3v) is 7.70. The van der Waals surface area contributed by atoms with E-state index in [1.807, 2.05) is 40.6 Å². The molecule has 3 atom stereocenters. The Morgan fingerprint density at radius 3 is 2.72 bits per heavy atom. The molecule has 2 amide bonds. The summed E-state index contributed by atoms with van der Waals surface area (Å²) in [6, 6.07) is 12.0. The number of hydrogen-bond acceptors (Lipinski definition) is 4. The van der Waals surface area contributed by atoms with E-state index in [4.69, 9.17) is 0 Å². The van der Waals surface area contributed by atoms with Crippen LogP contribution in [0.15, 0.2) is 41.8 Å². The van der Waals surface area contributed by atoms with Crippen LogP contribution in [-0.4, -0.2) is 53.8 Å². The molecule has 172 valence electrons. The molecular weight excluding hydrogens is 418 g/mol. The zero-order valence-corrected chi connectivity index (χ0v) is 20.2. The standard InChI is InChI=1S/C26H35N3O2S/c1-18(2)17-29-24(22-12-8-16-32-22)23(20-10-4-5-11-21(20)26(29)31)25(30)27-13-15-28-14-7-6-9-19(28)3/h4-5,8,10-12,16,18-19,23-24H,6-7,9,13-15,17H2,1-3H3,(H,27,30)/t19-,23+,24-/m1/s1. The number of nitrogens with zero attached hydrogens (tertiary/aromatic N) is 2. The van der Waals surface area contributed by atoms with Crippen molar-refractivity contribution in [2.75, 3.05) is 26.2 Å². The zero-order chi connectivity index (χ0) is 22.7. The second-order valence-electron chi connectivity index (χ2n) is 9.55. The van der Waals surface area contributed by atoms with Gasteiger partial charge in [0.25, 0.3) is 5.91 Å². The number of piperidine rings is 1. The van der Waals surface area contributed by atoms with Gasteiger partial charge in [0.15, 0.2) is 0 Å². The van der Waals surface area contributed by atoms with Gasteiger partial charge < -0.3 is 10.2 Å². The molecular formula is C26H35N3O2S. The summed E-state index contributed by atoms with van der Waals surface area (Å²) in [5.41, 5.74) is 1.51. The van der Waals surface area contributed by atoms with Gasteiger partial charge in [-0.05, 0) is 55.3 Å². The van der Waals surface area contributed by atoms with Crippen LogP contribution in [0.4, 0.5) is 0 Å². The van der Waals surface area contributed by atoms with E-state index in [1.165, 1.54) is 19.3 Å². The zero-order valence-electron chi connectivity index (χ0n) is 19.4. The quantitative estimate of drug-likeness (QED) is 0.663. The van der Waals surface area contributed by atoms with Crippen LogP contribution in [0.3, 0.4) is 0 Å². The van der Waals surface area contributed by atoms with Crippen molar-refractivity contribution in [2.24, 2.45) is 5.92 Å². The molecule has 0 spiro atoms. The summed E-state index contributed by atoms with van der Waals surface area (Å²) in [4.78, 5) is 32.6. The van der Waals surface area contributed by atoms with Crippen molar-refractivity contribution in [3.8, 4) is 0 Å². The number of benzene rings is 1. The van der Waals surface area contributed by atoms with Crippen molar-refractivity contribution in [3.63, 3.8) is 0 Å².